The second kappa shape index (κ2) is 7.92. The molecule has 0 saturated carbocycles. The molecule has 0 aliphatic heterocycles. The molecule has 0 unspecified atom stereocenters. The molecule has 0 spiro atoms. The number of carbonyl (C=O) groups excluding carboxylic acids is 1. The highest BCUT2D eigenvalue weighted by atomic mass is 32.2. The van der Waals surface area contributed by atoms with Gasteiger partial charge in [0.05, 0.1) is 29.0 Å². The number of nitro benzene ring substituents is 1. The third-order valence-corrected chi connectivity index (χ3v) is 5.18. The monoisotopic (exact) mass is 401 g/mol. The first-order chi connectivity index (χ1) is 13.4. The fourth-order valence-corrected chi connectivity index (χ4v) is 3.73. The highest BCUT2D eigenvalue weighted by Crippen LogP contribution is 2.26. The van der Waals surface area contributed by atoms with Crippen molar-refractivity contribution in [2.24, 2.45) is 0 Å². The minimum Gasteiger partial charge on any atom is -0.467 e. The highest BCUT2D eigenvalue weighted by molar-refractivity contribution is 7.92. The topological polar surface area (TPSA) is 132 Å². The number of para-hydroxylation sites is 2. The van der Waals surface area contributed by atoms with Crippen molar-refractivity contribution in [3.8, 4) is 0 Å². The van der Waals surface area contributed by atoms with Gasteiger partial charge in [-0.2, -0.15) is 0 Å². The number of anilines is 1. The maximum atomic E-state index is 12.7. The third-order valence-electron chi connectivity index (χ3n) is 3.77. The van der Waals surface area contributed by atoms with Crippen molar-refractivity contribution >= 4 is 27.3 Å². The predicted octanol–water partition coefficient (Wildman–Crippen LogP) is 2.92. The number of nitrogens with zero attached hydrogens (tertiary/aromatic N) is 1. The van der Waals surface area contributed by atoms with Crippen LogP contribution in [0, 0.1) is 10.1 Å². The Hall–Kier alpha value is -3.66. The van der Waals surface area contributed by atoms with Crippen LogP contribution in [0.1, 0.15) is 16.1 Å². The lowest BCUT2D eigenvalue weighted by Gasteiger charge is -2.12. The highest BCUT2D eigenvalue weighted by Gasteiger charge is 2.26. The van der Waals surface area contributed by atoms with Crippen LogP contribution in [0.4, 0.5) is 11.4 Å². The van der Waals surface area contributed by atoms with E-state index in [0.29, 0.717) is 5.76 Å². The summed E-state index contributed by atoms with van der Waals surface area (Å²) in [6.07, 6.45) is 1.47. The van der Waals surface area contributed by atoms with Crippen molar-refractivity contribution in [2.45, 2.75) is 11.4 Å². The molecule has 1 aromatic heterocycles. The van der Waals surface area contributed by atoms with E-state index >= 15 is 0 Å². The maximum absolute atomic E-state index is 12.7. The quantitative estimate of drug-likeness (QED) is 0.462. The Bertz CT molecular complexity index is 1110. The number of carbonyl (C=O) groups is 1. The Morgan fingerprint density at radius 2 is 1.75 bits per heavy atom. The van der Waals surface area contributed by atoms with Crippen LogP contribution in [0.25, 0.3) is 0 Å². The largest absolute Gasteiger partial charge is 0.467 e. The minimum absolute atomic E-state index is 0.00223. The van der Waals surface area contributed by atoms with Gasteiger partial charge in [0.25, 0.3) is 21.6 Å². The van der Waals surface area contributed by atoms with E-state index in [2.05, 4.69) is 10.0 Å². The fraction of sp³-hybridized carbons (Fsp3) is 0.0556. The summed E-state index contributed by atoms with van der Waals surface area (Å²) in [5.41, 5.74) is -0.497. The molecule has 2 aromatic carbocycles. The van der Waals surface area contributed by atoms with E-state index in [1.54, 1.807) is 24.3 Å². The standard InChI is InChI=1S/C18H15N3O6S/c22-18(19-12-13-6-5-11-27-13)14-7-1-2-8-15(14)20-28(25,26)17-10-4-3-9-16(17)21(23)24/h1-11,20H,12H2,(H,19,22). The van der Waals surface area contributed by atoms with Crippen LogP contribution in [-0.2, 0) is 16.6 Å². The van der Waals surface area contributed by atoms with Crippen LogP contribution < -0.4 is 10.0 Å². The predicted molar refractivity (Wildman–Crippen MR) is 100 cm³/mol. The molecule has 0 radical (unpaired) electrons. The number of sulfonamides is 1. The van der Waals surface area contributed by atoms with Gasteiger partial charge in [0.1, 0.15) is 5.76 Å². The number of furan rings is 1. The molecule has 2 N–H and O–H groups in total. The molecule has 28 heavy (non-hydrogen) atoms. The van der Waals surface area contributed by atoms with Crippen LogP contribution >= 0.6 is 0 Å². The molecule has 0 fully saturated rings. The van der Waals surface area contributed by atoms with Gasteiger partial charge in [-0.1, -0.05) is 24.3 Å². The Morgan fingerprint density at radius 3 is 2.46 bits per heavy atom. The van der Waals surface area contributed by atoms with Crippen LogP contribution in [0.2, 0.25) is 0 Å². The number of nitrogens with one attached hydrogen (secondary N) is 2. The van der Waals surface area contributed by atoms with Gasteiger partial charge in [-0.3, -0.25) is 19.6 Å². The van der Waals surface area contributed by atoms with Crippen molar-refractivity contribution in [1.82, 2.24) is 5.32 Å². The number of nitro groups is 1. The normalized spacial score (nSPS) is 11.0. The summed E-state index contributed by atoms with van der Waals surface area (Å²) in [6, 6.07) is 14.3. The Labute approximate surface area is 160 Å². The SMILES string of the molecule is O=C(NCc1ccco1)c1ccccc1NS(=O)(=O)c1ccccc1[N+](=O)[O-]. The summed E-state index contributed by atoms with van der Waals surface area (Å²) in [7, 11) is -4.29. The van der Waals surface area contributed by atoms with E-state index < -0.39 is 31.4 Å². The van der Waals surface area contributed by atoms with E-state index in [9.17, 15) is 23.3 Å². The van der Waals surface area contributed by atoms with Gasteiger partial charge in [0.2, 0.25) is 0 Å². The van der Waals surface area contributed by atoms with E-state index in [0.717, 1.165) is 12.1 Å². The summed E-state index contributed by atoms with van der Waals surface area (Å²) < 4.78 is 32.8. The van der Waals surface area contributed by atoms with Crippen molar-refractivity contribution in [2.75, 3.05) is 4.72 Å². The molecule has 0 bridgehead atoms. The number of rotatable bonds is 7. The molecule has 0 aliphatic carbocycles. The molecule has 0 saturated heterocycles. The second-order valence-corrected chi connectivity index (χ2v) is 7.29. The second-order valence-electron chi connectivity index (χ2n) is 5.64. The zero-order valence-corrected chi connectivity index (χ0v) is 15.2. The summed E-state index contributed by atoms with van der Waals surface area (Å²) >= 11 is 0. The molecule has 1 amide bonds. The molecular formula is C18H15N3O6S. The first kappa shape index (κ1) is 19.1. The van der Waals surface area contributed by atoms with Crippen molar-refractivity contribution in [1.29, 1.82) is 0 Å². The molecule has 144 valence electrons. The van der Waals surface area contributed by atoms with Crippen molar-refractivity contribution in [3.63, 3.8) is 0 Å². The maximum Gasteiger partial charge on any atom is 0.289 e. The van der Waals surface area contributed by atoms with Gasteiger partial charge in [0.15, 0.2) is 4.90 Å². The van der Waals surface area contributed by atoms with E-state index in [1.165, 1.54) is 30.5 Å². The summed E-state index contributed by atoms with van der Waals surface area (Å²) in [5.74, 6) is 0.00332. The van der Waals surface area contributed by atoms with E-state index in [-0.39, 0.29) is 17.8 Å². The zero-order valence-electron chi connectivity index (χ0n) is 14.4. The van der Waals surface area contributed by atoms with Gasteiger partial charge < -0.3 is 9.73 Å². The lowest BCUT2D eigenvalue weighted by atomic mass is 10.1. The van der Waals surface area contributed by atoms with Crippen LogP contribution in [0.3, 0.4) is 0 Å². The first-order valence-corrected chi connectivity index (χ1v) is 9.52. The Balaban J connectivity index is 1.87. The lowest BCUT2D eigenvalue weighted by Crippen LogP contribution is -2.25. The van der Waals surface area contributed by atoms with E-state index in [1.807, 2.05) is 0 Å². The van der Waals surface area contributed by atoms with Crippen molar-refractivity contribution in [3.05, 3.63) is 88.4 Å². The number of amides is 1. The van der Waals surface area contributed by atoms with E-state index in [4.69, 9.17) is 4.42 Å². The molecule has 3 rings (SSSR count). The average Bonchev–Trinajstić information content (AvgIpc) is 3.20. The first-order valence-electron chi connectivity index (χ1n) is 8.04. The van der Waals surface area contributed by atoms with Crippen LogP contribution in [-0.4, -0.2) is 19.2 Å². The van der Waals surface area contributed by atoms with Gasteiger partial charge in [-0.05, 0) is 30.3 Å². The number of hydrogen-bond donors (Lipinski definition) is 2. The molecule has 0 atom stereocenters. The number of benzene rings is 2. The lowest BCUT2D eigenvalue weighted by molar-refractivity contribution is -0.387. The molecule has 0 aliphatic rings. The molecule has 1 heterocycles. The molecular weight excluding hydrogens is 386 g/mol. The Morgan fingerprint density at radius 1 is 1.04 bits per heavy atom. The summed E-state index contributed by atoms with van der Waals surface area (Å²) in [6.45, 7) is 0.122. The molecule has 9 nitrogen and oxygen atoms in total. The third kappa shape index (κ3) is 4.18. The minimum atomic E-state index is -4.29. The number of hydrogen-bond acceptors (Lipinski definition) is 6. The van der Waals surface area contributed by atoms with Gasteiger partial charge in [-0.15, -0.1) is 0 Å². The van der Waals surface area contributed by atoms with Crippen molar-refractivity contribution < 1.29 is 22.6 Å². The Kier molecular flexibility index (Phi) is 5.41. The summed E-state index contributed by atoms with van der Waals surface area (Å²) in [5, 5.41) is 13.8. The van der Waals surface area contributed by atoms with Gasteiger partial charge >= 0.3 is 0 Å². The molecule has 10 heteroatoms. The average molecular weight is 401 g/mol. The van der Waals surface area contributed by atoms with Gasteiger partial charge in [0, 0.05) is 6.07 Å². The summed E-state index contributed by atoms with van der Waals surface area (Å²) in [4.78, 5) is 22.3. The fourth-order valence-electron chi connectivity index (χ4n) is 2.48. The van der Waals surface area contributed by atoms with Gasteiger partial charge in [-0.25, -0.2) is 8.42 Å². The zero-order chi connectivity index (χ0) is 20.1. The van der Waals surface area contributed by atoms with Crippen LogP contribution in [0.5, 0.6) is 0 Å². The smallest absolute Gasteiger partial charge is 0.289 e. The van der Waals surface area contributed by atoms with Crippen LogP contribution in [0.15, 0.2) is 76.2 Å². The molecule has 3 aromatic rings.